The van der Waals surface area contributed by atoms with Gasteiger partial charge in [-0.05, 0) is 46.6 Å². The Kier molecular flexibility index (Phi) is 6.08. The van der Waals surface area contributed by atoms with E-state index in [0.29, 0.717) is 22.7 Å². The molecule has 0 nitrogen and oxygen atoms in total. The molecule has 0 saturated heterocycles. The SMILES string of the molecule is CCc1ccc(C(CC(C)(C)C(C)C)C(C)(C)CC)cc1. The van der Waals surface area contributed by atoms with Crippen LogP contribution in [0, 0.1) is 16.7 Å². The second-order valence-electron chi connectivity index (χ2n) is 8.34. The molecule has 0 radical (unpaired) electrons. The predicted molar refractivity (Wildman–Crippen MR) is 95.9 cm³/mol. The van der Waals surface area contributed by atoms with Crippen molar-refractivity contribution in [2.24, 2.45) is 16.7 Å². The Hall–Kier alpha value is -0.780. The molecular formula is C21H36. The lowest BCUT2D eigenvalue weighted by Gasteiger charge is -2.41. The van der Waals surface area contributed by atoms with Crippen LogP contribution in [0.3, 0.4) is 0 Å². The van der Waals surface area contributed by atoms with Gasteiger partial charge in [-0.25, -0.2) is 0 Å². The topological polar surface area (TPSA) is 0 Å². The minimum atomic E-state index is 0.347. The predicted octanol–water partition coefficient (Wildman–Crippen LogP) is 6.84. The molecule has 0 saturated carbocycles. The van der Waals surface area contributed by atoms with E-state index in [0.717, 1.165) is 6.42 Å². The second kappa shape index (κ2) is 6.99. The maximum absolute atomic E-state index is 2.43. The highest BCUT2D eigenvalue weighted by atomic mass is 14.4. The summed E-state index contributed by atoms with van der Waals surface area (Å²) in [5.74, 6) is 1.34. The van der Waals surface area contributed by atoms with E-state index < -0.39 is 0 Å². The average molecular weight is 289 g/mol. The van der Waals surface area contributed by atoms with E-state index in [1.54, 1.807) is 0 Å². The molecule has 1 aromatic rings. The molecule has 0 aliphatic rings. The Morgan fingerprint density at radius 1 is 0.857 bits per heavy atom. The zero-order chi connectivity index (χ0) is 16.3. The van der Waals surface area contributed by atoms with Gasteiger partial charge in [-0.15, -0.1) is 0 Å². The molecule has 0 aromatic heterocycles. The van der Waals surface area contributed by atoms with Gasteiger partial charge in [0.2, 0.25) is 0 Å². The van der Waals surface area contributed by atoms with Crippen LogP contribution in [0.15, 0.2) is 24.3 Å². The molecule has 0 spiro atoms. The fourth-order valence-corrected chi connectivity index (χ4v) is 2.84. The summed E-state index contributed by atoms with van der Waals surface area (Å²) in [6.45, 7) is 19.0. The smallest absolute Gasteiger partial charge is 0.0106 e. The van der Waals surface area contributed by atoms with E-state index in [4.69, 9.17) is 0 Å². The van der Waals surface area contributed by atoms with Crippen LogP contribution in [-0.4, -0.2) is 0 Å². The quantitative estimate of drug-likeness (QED) is 0.515. The third-order valence-electron chi connectivity index (χ3n) is 5.94. The summed E-state index contributed by atoms with van der Waals surface area (Å²) in [5.41, 5.74) is 3.68. The number of rotatable bonds is 7. The first-order valence-electron chi connectivity index (χ1n) is 8.73. The molecule has 0 aliphatic heterocycles. The Labute approximate surface area is 133 Å². The molecule has 21 heavy (non-hydrogen) atoms. The molecule has 120 valence electrons. The largest absolute Gasteiger partial charge is 0.0649 e. The summed E-state index contributed by atoms with van der Waals surface area (Å²) >= 11 is 0. The molecule has 0 N–H and O–H groups in total. The van der Waals surface area contributed by atoms with Gasteiger partial charge in [0.05, 0.1) is 0 Å². The number of benzene rings is 1. The van der Waals surface area contributed by atoms with Crippen molar-refractivity contribution in [3.8, 4) is 0 Å². The van der Waals surface area contributed by atoms with Crippen molar-refractivity contribution in [3.63, 3.8) is 0 Å². The monoisotopic (exact) mass is 288 g/mol. The van der Waals surface area contributed by atoms with Gasteiger partial charge in [0, 0.05) is 0 Å². The Bertz CT molecular complexity index is 420. The average Bonchev–Trinajstić information content (AvgIpc) is 2.44. The third kappa shape index (κ3) is 4.59. The van der Waals surface area contributed by atoms with Gasteiger partial charge in [0.1, 0.15) is 0 Å². The molecule has 0 bridgehead atoms. The first kappa shape index (κ1) is 18.3. The Morgan fingerprint density at radius 3 is 1.76 bits per heavy atom. The molecule has 1 unspecified atom stereocenters. The van der Waals surface area contributed by atoms with E-state index in [-0.39, 0.29) is 0 Å². The van der Waals surface area contributed by atoms with Crippen LogP contribution in [-0.2, 0) is 6.42 Å². The molecule has 1 aromatic carbocycles. The fraction of sp³-hybridized carbons (Fsp3) is 0.714. The number of aryl methyl sites for hydroxylation is 1. The normalized spacial score (nSPS) is 14.5. The van der Waals surface area contributed by atoms with Crippen molar-refractivity contribution >= 4 is 0 Å². The van der Waals surface area contributed by atoms with Crippen molar-refractivity contribution in [1.29, 1.82) is 0 Å². The zero-order valence-corrected chi connectivity index (χ0v) is 15.6. The first-order chi connectivity index (χ1) is 9.64. The highest BCUT2D eigenvalue weighted by Crippen LogP contribution is 2.47. The summed E-state index contributed by atoms with van der Waals surface area (Å²) in [6, 6.07) is 9.38. The molecule has 1 rings (SSSR count). The lowest BCUT2D eigenvalue weighted by Crippen LogP contribution is -2.29. The summed E-state index contributed by atoms with van der Waals surface area (Å²) < 4.78 is 0. The van der Waals surface area contributed by atoms with Crippen molar-refractivity contribution in [2.75, 3.05) is 0 Å². The maximum Gasteiger partial charge on any atom is -0.0106 e. The van der Waals surface area contributed by atoms with Crippen LogP contribution < -0.4 is 0 Å². The molecular weight excluding hydrogens is 252 g/mol. The Morgan fingerprint density at radius 2 is 1.38 bits per heavy atom. The van der Waals surface area contributed by atoms with E-state index in [9.17, 15) is 0 Å². The van der Waals surface area contributed by atoms with Gasteiger partial charge in [-0.1, -0.05) is 86.1 Å². The second-order valence-corrected chi connectivity index (χ2v) is 8.34. The summed E-state index contributed by atoms with van der Waals surface area (Å²) in [6.07, 6.45) is 3.61. The van der Waals surface area contributed by atoms with Crippen LogP contribution in [0.4, 0.5) is 0 Å². The van der Waals surface area contributed by atoms with E-state index in [2.05, 4.69) is 79.7 Å². The lowest BCUT2D eigenvalue weighted by molar-refractivity contribution is 0.150. The standard InChI is InChI=1S/C21H36/c1-9-17-11-13-18(14-12-17)19(20(5,6)10-2)15-21(7,8)16(3)4/h11-14,16,19H,9-10,15H2,1-8H3. The van der Waals surface area contributed by atoms with Gasteiger partial charge in [0.25, 0.3) is 0 Å². The van der Waals surface area contributed by atoms with Crippen LogP contribution >= 0.6 is 0 Å². The van der Waals surface area contributed by atoms with Gasteiger partial charge < -0.3 is 0 Å². The van der Waals surface area contributed by atoms with Crippen molar-refractivity contribution in [1.82, 2.24) is 0 Å². The highest BCUT2D eigenvalue weighted by Gasteiger charge is 2.35. The molecule has 0 aliphatic carbocycles. The summed E-state index contributed by atoms with van der Waals surface area (Å²) in [7, 11) is 0. The lowest BCUT2D eigenvalue weighted by atomic mass is 9.64. The van der Waals surface area contributed by atoms with Gasteiger partial charge >= 0.3 is 0 Å². The molecule has 0 heteroatoms. The zero-order valence-electron chi connectivity index (χ0n) is 15.6. The van der Waals surface area contributed by atoms with E-state index in [1.807, 2.05) is 0 Å². The Balaban J connectivity index is 3.13. The fourth-order valence-electron chi connectivity index (χ4n) is 2.84. The van der Waals surface area contributed by atoms with Crippen LogP contribution in [0.1, 0.15) is 85.3 Å². The van der Waals surface area contributed by atoms with Gasteiger partial charge in [0.15, 0.2) is 0 Å². The van der Waals surface area contributed by atoms with E-state index in [1.165, 1.54) is 24.0 Å². The van der Waals surface area contributed by atoms with Crippen LogP contribution in [0.5, 0.6) is 0 Å². The van der Waals surface area contributed by atoms with Gasteiger partial charge in [-0.3, -0.25) is 0 Å². The van der Waals surface area contributed by atoms with E-state index >= 15 is 0 Å². The van der Waals surface area contributed by atoms with Crippen LogP contribution in [0.25, 0.3) is 0 Å². The molecule has 1 atom stereocenters. The third-order valence-corrected chi connectivity index (χ3v) is 5.94. The van der Waals surface area contributed by atoms with Gasteiger partial charge in [-0.2, -0.15) is 0 Å². The van der Waals surface area contributed by atoms with Crippen molar-refractivity contribution in [3.05, 3.63) is 35.4 Å². The molecule has 0 fully saturated rings. The molecule has 0 amide bonds. The van der Waals surface area contributed by atoms with Crippen LogP contribution in [0.2, 0.25) is 0 Å². The minimum Gasteiger partial charge on any atom is -0.0649 e. The summed E-state index contributed by atoms with van der Waals surface area (Å²) in [5, 5.41) is 0. The number of hydrogen-bond donors (Lipinski definition) is 0. The minimum absolute atomic E-state index is 0.347. The van der Waals surface area contributed by atoms with Crippen molar-refractivity contribution in [2.45, 2.75) is 80.6 Å². The van der Waals surface area contributed by atoms with Crippen molar-refractivity contribution < 1.29 is 0 Å². The summed E-state index contributed by atoms with van der Waals surface area (Å²) in [4.78, 5) is 0. The highest BCUT2D eigenvalue weighted by molar-refractivity contribution is 5.27. The maximum atomic E-state index is 2.43. The first-order valence-corrected chi connectivity index (χ1v) is 8.73. The molecule has 0 heterocycles. The number of hydrogen-bond acceptors (Lipinski definition) is 0.